The van der Waals surface area contributed by atoms with Crippen LogP contribution in [0.4, 0.5) is 0 Å². The molecule has 3 N–H and O–H groups in total. The van der Waals surface area contributed by atoms with E-state index in [2.05, 4.69) is 12.6 Å². The van der Waals surface area contributed by atoms with Gasteiger partial charge in [-0.25, -0.2) is 0 Å². The van der Waals surface area contributed by atoms with E-state index in [0.29, 0.717) is 24.2 Å². The summed E-state index contributed by atoms with van der Waals surface area (Å²) in [5.74, 6) is 0.536. The quantitative estimate of drug-likeness (QED) is 0.561. The van der Waals surface area contributed by atoms with Gasteiger partial charge in [-0.1, -0.05) is 24.3 Å². The van der Waals surface area contributed by atoms with Crippen LogP contribution in [0.2, 0.25) is 0 Å². The van der Waals surface area contributed by atoms with Crippen molar-refractivity contribution in [1.29, 1.82) is 0 Å². The van der Waals surface area contributed by atoms with Gasteiger partial charge in [-0.15, -0.1) is 0 Å². The van der Waals surface area contributed by atoms with Crippen molar-refractivity contribution in [2.24, 2.45) is 0 Å². The molecule has 0 aromatic heterocycles. The average molecular weight is 242 g/mol. The number of hydrogen-bond acceptors (Lipinski definition) is 4. The molecule has 0 amide bonds. The molecule has 4 heteroatoms. The minimum absolute atomic E-state index is 0.0821. The number of thiol groups is 1. The molecular weight excluding hydrogens is 224 g/mol. The summed E-state index contributed by atoms with van der Waals surface area (Å²) < 4.78 is 0. The molecule has 1 aromatic rings. The molecule has 0 saturated carbocycles. The lowest BCUT2D eigenvalue weighted by Crippen LogP contribution is -2.18. The number of rotatable bonds is 6. The Balaban J connectivity index is 2.74. The van der Waals surface area contributed by atoms with Crippen molar-refractivity contribution < 1.29 is 15.3 Å². The monoisotopic (exact) mass is 242 g/mol. The summed E-state index contributed by atoms with van der Waals surface area (Å²) in [6.45, 7) is 0.0821. The van der Waals surface area contributed by atoms with Gasteiger partial charge in [0.2, 0.25) is 0 Å². The number of hydrogen-bond donors (Lipinski definition) is 4. The lowest BCUT2D eigenvalue weighted by molar-refractivity contribution is 0.0172. The third-order valence-corrected chi connectivity index (χ3v) is 2.74. The van der Waals surface area contributed by atoms with Gasteiger partial charge in [0, 0.05) is 6.61 Å². The van der Waals surface area contributed by atoms with Crippen LogP contribution in [-0.4, -0.2) is 33.8 Å². The van der Waals surface area contributed by atoms with Crippen LogP contribution in [0.15, 0.2) is 24.3 Å². The van der Waals surface area contributed by atoms with Crippen LogP contribution in [-0.2, 0) is 6.42 Å². The Kier molecular flexibility index (Phi) is 5.84. The van der Waals surface area contributed by atoms with E-state index in [9.17, 15) is 10.2 Å². The van der Waals surface area contributed by atoms with Crippen LogP contribution in [0.1, 0.15) is 23.7 Å². The van der Waals surface area contributed by atoms with Crippen molar-refractivity contribution >= 4 is 12.6 Å². The Morgan fingerprint density at radius 1 is 1.25 bits per heavy atom. The zero-order valence-electron chi connectivity index (χ0n) is 9.08. The number of benzene rings is 1. The lowest BCUT2D eigenvalue weighted by atomic mass is 10.00. The van der Waals surface area contributed by atoms with E-state index in [0.717, 1.165) is 5.56 Å². The van der Waals surface area contributed by atoms with Crippen molar-refractivity contribution in [1.82, 2.24) is 0 Å². The molecule has 0 radical (unpaired) electrons. The molecule has 2 atom stereocenters. The first kappa shape index (κ1) is 13.5. The first-order valence-corrected chi connectivity index (χ1v) is 5.99. The summed E-state index contributed by atoms with van der Waals surface area (Å²) in [5, 5.41) is 28.3. The molecule has 0 bridgehead atoms. The molecule has 16 heavy (non-hydrogen) atoms. The molecule has 1 aromatic carbocycles. The molecule has 1 rings (SSSR count). The molecule has 90 valence electrons. The molecule has 0 heterocycles. The lowest BCUT2D eigenvalue weighted by Gasteiger charge is -2.17. The van der Waals surface area contributed by atoms with Crippen molar-refractivity contribution in [2.75, 3.05) is 12.4 Å². The minimum atomic E-state index is -0.884. The van der Waals surface area contributed by atoms with E-state index in [1.54, 1.807) is 6.07 Å². The van der Waals surface area contributed by atoms with Gasteiger partial charge in [-0.3, -0.25) is 0 Å². The van der Waals surface area contributed by atoms with Crippen LogP contribution < -0.4 is 0 Å². The van der Waals surface area contributed by atoms with Crippen LogP contribution in [0, 0.1) is 0 Å². The topological polar surface area (TPSA) is 60.7 Å². The molecule has 0 aliphatic heterocycles. The molecule has 0 aliphatic rings. The minimum Gasteiger partial charge on any atom is -0.396 e. The van der Waals surface area contributed by atoms with Gasteiger partial charge in [-0.2, -0.15) is 12.6 Å². The zero-order chi connectivity index (χ0) is 12.0. The Labute approximate surface area is 101 Å². The predicted octanol–water partition coefficient (Wildman–Crippen LogP) is 0.936. The average Bonchev–Trinajstić information content (AvgIpc) is 2.29. The maximum atomic E-state index is 9.87. The normalized spacial score (nSPS) is 14.8. The second-order valence-electron chi connectivity index (χ2n) is 3.74. The summed E-state index contributed by atoms with van der Waals surface area (Å²) in [6.07, 6.45) is -0.662. The van der Waals surface area contributed by atoms with E-state index < -0.39 is 12.2 Å². The number of aliphatic hydroxyl groups excluding tert-OH is 3. The second kappa shape index (κ2) is 6.91. The third kappa shape index (κ3) is 3.79. The van der Waals surface area contributed by atoms with Crippen molar-refractivity contribution in [3.63, 3.8) is 0 Å². The van der Waals surface area contributed by atoms with E-state index in [4.69, 9.17) is 5.11 Å². The van der Waals surface area contributed by atoms with Gasteiger partial charge in [0.15, 0.2) is 0 Å². The highest BCUT2D eigenvalue weighted by atomic mass is 32.1. The van der Waals surface area contributed by atoms with Gasteiger partial charge in [0.25, 0.3) is 0 Å². The summed E-state index contributed by atoms with van der Waals surface area (Å²) >= 11 is 4.02. The Morgan fingerprint density at radius 3 is 2.62 bits per heavy atom. The van der Waals surface area contributed by atoms with Crippen molar-refractivity contribution in [3.05, 3.63) is 35.4 Å². The largest absolute Gasteiger partial charge is 0.396 e. The highest BCUT2D eigenvalue weighted by molar-refractivity contribution is 7.80. The van der Waals surface area contributed by atoms with E-state index in [-0.39, 0.29) is 6.61 Å². The van der Waals surface area contributed by atoms with Crippen LogP contribution >= 0.6 is 12.6 Å². The Hall–Kier alpha value is -0.550. The molecule has 0 aliphatic carbocycles. The third-order valence-electron chi connectivity index (χ3n) is 2.48. The second-order valence-corrected chi connectivity index (χ2v) is 4.19. The molecular formula is C12H18O3S. The van der Waals surface area contributed by atoms with Gasteiger partial charge in [0.1, 0.15) is 6.10 Å². The van der Waals surface area contributed by atoms with E-state index in [1.807, 2.05) is 18.2 Å². The Morgan fingerprint density at radius 2 is 2.00 bits per heavy atom. The maximum Gasteiger partial charge on any atom is 0.105 e. The zero-order valence-corrected chi connectivity index (χ0v) is 9.98. The van der Waals surface area contributed by atoms with Gasteiger partial charge in [-0.05, 0) is 29.7 Å². The fourth-order valence-electron chi connectivity index (χ4n) is 1.57. The Bertz CT molecular complexity index is 317. The van der Waals surface area contributed by atoms with Crippen molar-refractivity contribution in [2.45, 2.75) is 25.0 Å². The van der Waals surface area contributed by atoms with Crippen LogP contribution in [0.3, 0.4) is 0 Å². The summed E-state index contributed by atoms with van der Waals surface area (Å²) in [6, 6.07) is 7.28. The van der Waals surface area contributed by atoms with E-state index in [1.165, 1.54) is 0 Å². The van der Waals surface area contributed by atoms with Gasteiger partial charge >= 0.3 is 0 Å². The summed E-state index contributed by atoms with van der Waals surface area (Å²) in [4.78, 5) is 0. The van der Waals surface area contributed by atoms with Crippen LogP contribution in [0.5, 0.6) is 0 Å². The molecule has 0 saturated heterocycles. The first-order chi connectivity index (χ1) is 7.69. The molecule has 0 fully saturated rings. The fourth-order valence-corrected chi connectivity index (χ4v) is 1.84. The smallest absolute Gasteiger partial charge is 0.105 e. The summed E-state index contributed by atoms with van der Waals surface area (Å²) in [5.41, 5.74) is 1.64. The highest BCUT2D eigenvalue weighted by Crippen LogP contribution is 2.20. The highest BCUT2D eigenvalue weighted by Gasteiger charge is 2.17. The van der Waals surface area contributed by atoms with Crippen molar-refractivity contribution in [3.8, 4) is 0 Å². The SMILES string of the molecule is OCCc1cccc(C(O)C(O)CCS)c1. The maximum absolute atomic E-state index is 9.87. The fraction of sp³-hybridized carbons (Fsp3) is 0.500. The van der Waals surface area contributed by atoms with Gasteiger partial charge in [0.05, 0.1) is 6.10 Å². The first-order valence-electron chi connectivity index (χ1n) is 5.35. The standard InChI is InChI=1S/C12H18O3S/c13-6-4-9-2-1-3-10(8-9)12(15)11(14)5-7-16/h1-3,8,11-16H,4-7H2. The summed E-state index contributed by atoms with van der Waals surface area (Å²) in [7, 11) is 0. The number of aliphatic hydroxyl groups is 3. The molecule has 0 spiro atoms. The molecule has 2 unspecified atom stereocenters. The molecule has 3 nitrogen and oxygen atoms in total. The predicted molar refractivity (Wildman–Crippen MR) is 66.7 cm³/mol. The van der Waals surface area contributed by atoms with Gasteiger partial charge < -0.3 is 15.3 Å². The van der Waals surface area contributed by atoms with E-state index >= 15 is 0 Å². The van der Waals surface area contributed by atoms with Crippen LogP contribution in [0.25, 0.3) is 0 Å².